The number of oxime groups is 1. The number of carbonyl (C=O) groups is 1. The van der Waals surface area contributed by atoms with Crippen molar-refractivity contribution in [2.24, 2.45) is 10.6 Å². The third-order valence-corrected chi connectivity index (χ3v) is 6.09. The number of aromatic carboxylic acids is 1. The fraction of sp³-hybridized carbons (Fsp3) is 0.500. The Balaban J connectivity index is 1.62. The number of aromatic nitrogens is 2. The lowest BCUT2D eigenvalue weighted by atomic mass is 9.79. The van der Waals surface area contributed by atoms with Crippen LogP contribution in [0, 0.1) is 11.2 Å². The Kier molecular flexibility index (Phi) is 4.28. The first-order chi connectivity index (χ1) is 14.4. The Morgan fingerprint density at radius 1 is 1.47 bits per heavy atom. The van der Waals surface area contributed by atoms with Crippen LogP contribution in [-0.4, -0.2) is 59.1 Å². The minimum absolute atomic E-state index is 0.00882. The summed E-state index contributed by atoms with van der Waals surface area (Å²) in [6.07, 6.45) is 3.08. The molecule has 158 valence electrons. The quantitative estimate of drug-likeness (QED) is 0.710. The molecule has 1 spiro atoms. The van der Waals surface area contributed by atoms with E-state index in [1.54, 1.807) is 4.57 Å². The molecule has 2 saturated heterocycles. The molecule has 2 N–H and O–H groups in total. The van der Waals surface area contributed by atoms with Gasteiger partial charge in [-0.3, -0.25) is 4.79 Å². The Hall–Kier alpha value is -3.01. The van der Waals surface area contributed by atoms with E-state index in [0.29, 0.717) is 25.3 Å². The standard InChI is InChI=1S/C20H22FN5O4/c1-2-30-24-15-7-25(10-20(15)8-22-9-20)18-14(21)5-12-16(27)13(19(28)29)6-26(11-3-4-11)17(12)23-18/h5-6,11,22H,2-4,7-10H2,1H3,(H,28,29). The van der Waals surface area contributed by atoms with E-state index in [-0.39, 0.29) is 28.2 Å². The number of carboxylic acids is 1. The van der Waals surface area contributed by atoms with Crippen molar-refractivity contribution in [2.75, 3.05) is 37.7 Å². The number of carboxylic acid groups (broad SMARTS) is 1. The van der Waals surface area contributed by atoms with Crippen molar-refractivity contribution >= 4 is 28.5 Å². The molecule has 0 radical (unpaired) electrons. The van der Waals surface area contributed by atoms with Crippen LogP contribution in [0.5, 0.6) is 0 Å². The molecule has 0 unspecified atom stereocenters. The molecule has 4 heterocycles. The van der Waals surface area contributed by atoms with Crippen LogP contribution in [0.15, 0.2) is 22.2 Å². The van der Waals surface area contributed by atoms with E-state index >= 15 is 4.39 Å². The molecule has 10 heteroatoms. The highest BCUT2D eigenvalue weighted by atomic mass is 19.1. The van der Waals surface area contributed by atoms with Crippen LogP contribution in [0.4, 0.5) is 10.2 Å². The lowest BCUT2D eigenvalue weighted by Crippen LogP contribution is -2.58. The zero-order valence-electron chi connectivity index (χ0n) is 16.5. The molecule has 3 fully saturated rings. The van der Waals surface area contributed by atoms with Crippen molar-refractivity contribution in [2.45, 2.75) is 25.8 Å². The number of halogens is 1. The first-order valence-electron chi connectivity index (χ1n) is 10.1. The number of hydrogen-bond donors (Lipinski definition) is 2. The van der Waals surface area contributed by atoms with Gasteiger partial charge < -0.3 is 24.7 Å². The first-order valence-corrected chi connectivity index (χ1v) is 10.1. The smallest absolute Gasteiger partial charge is 0.341 e. The molecule has 2 aromatic heterocycles. The molecule has 9 nitrogen and oxygen atoms in total. The van der Waals surface area contributed by atoms with Gasteiger partial charge in [0, 0.05) is 31.9 Å². The molecule has 30 heavy (non-hydrogen) atoms. The number of nitrogens with one attached hydrogen (secondary N) is 1. The average molecular weight is 415 g/mol. The monoisotopic (exact) mass is 415 g/mol. The predicted molar refractivity (Wildman–Crippen MR) is 108 cm³/mol. The molecule has 3 aliphatic rings. The summed E-state index contributed by atoms with van der Waals surface area (Å²) in [5.41, 5.74) is -0.117. The van der Waals surface area contributed by atoms with Gasteiger partial charge in [-0.2, -0.15) is 0 Å². The Bertz CT molecular complexity index is 1140. The number of rotatable bonds is 5. The van der Waals surface area contributed by atoms with Gasteiger partial charge in [-0.25, -0.2) is 14.2 Å². The Morgan fingerprint density at radius 3 is 2.83 bits per heavy atom. The minimum atomic E-state index is -1.32. The normalized spacial score (nSPS) is 21.4. The number of anilines is 1. The zero-order chi connectivity index (χ0) is 21.0. The third kappa shape index (κ3) is 2.85. The second-order valence-electron chi connectivity index (χ2n) is 8.18. The van der Waals surface area contributed by atoms with Crippen LogP contribution in [0.25, 0.3) is 11.0 Å². The van der Waals surface area contributed by atoms with Crippen LogP contribution in [0.2, 0.25) is 0 Å². The molecule has 0 atom stereocenters. The van der Waals surface area contributed by atoms with Crippen molar-refractivity contribution in [1.29, 1.82) is 0 Å². The molecule has 0 aromatic carbocycles. The SMILES string of the molecule is CCON=C1CN(c2nc3c(cc2F)c(=O)c(C(=O)O)cn3C2CC2)CC12CNC2. The van der Waals surface area contributed by atoms with Gasteiger partial charge in [-0.05, 0) is 25.8 Å². The van der Waals surface area contributed by atoms with E-state index in [2.05, 4.69) is 15.5 Å². The van der Waals surface area contributed by atoms with Gasteiger partial charge in [-0.15, -0.1) is 0 Å². The van der Waals surface area contributed by atoms with Crippen LogP contribution in [0.3, 0.4) is 0 Å². The molecular formula is C20H22FN5O4. The minimum Gasteiger partial charge on any atom is -0.477 e. The fourth-order valence-electron chi connectivity index (χ4n) is 4.26. The number of hydrogen-bond acceptors (Lipinski definition) is 7. The third-order valence-electron chi connectivity index (χ3n) is 6.09. The topological polar surface area (TPSA) is 109 Å². The number of nitrogens with zero attached hydrogens (tertiary/aromatic N) is 4. The summed E-state index contributed by atoms with van der Waals surface area (Å²) in [5.74, 6) is -1.83. The van der Waals surface area contributed by atoms with Gasteiger partial charge in [0.05, 0.1) is 23.1 Å². The van der Waals surface area contributed by atoms with Gasteiger partial charge in [0.25, 0.3) is 0 Å². The summed E-state index contributed by atoms with van der Waals surface area (Å²) in [5, 5.41) is 16.9. The maximum Gasteiger partial charge on any atom is 0.341 e. The maximum absolute atomic E-state index is 15.1. The zero-order valence-corrected chi connectivity index (χ0v) is 16.5. The highest BCUT2D eigenvalue weighted by molar-refractivity contribution is 5.98. The summed E-state index contributed by atoms with van der Waals surface area (Å²) in [6.45, 7) is 4.71. The molecule has 1 aliphatic carbocycles. The summed E-state index contributed by atoms with van der Waals surface area (Å²) in [7, 11) is 0. The van der Waals surface area contributed by atoms with Crippen molar-refractivity contribution in [3.8, 4) is 0 Å². The van der Waals surface area contributed by atoms with E-state index < -0.39 is 17.2 Å². The summed E-state index contributed by atoms with van der Waals surface area (Å²) < 4.78 is 16.8. The average Bonchev–Trinajstić information content (AvgIpc) is 3.45. The van der Waals surface area contributed by atoms with Crippen LogP contribution < -0.4 is 15.6 Å². The van der Waals surface area contributed by atoms with E-state index in [1.807, 2.05) is 11.8 Å². The van der Waals surface area contributed by atoms with Crippen LogP contribution >= 0.6 is 0 Å². The highest BCUT2D eigenvalue weighted by Crippen LogP contribution is 2.39. The molecule has 0 amide bonds. The molecule has 2 aromatic rings. The summed E-state index contributed by atoms with van der Waals surface area (Å²) in [4.78, 5) is 35.7. The van der Waals surface area contributed by atoms with E-state index in [0.717, 1.165) is 37.7 Å². The van der Waals surface area contributed by atoms with Gasteiger partial charge in [-0.1, -0.05) is 5.16 Å². The predicted octanol–water partition coefficient (Wildman–Crippen LogP) is 1.37. The molecule has 1 saturated carbocycles. The van der Waals surface area contributed by atoms with Crippen molar-refractivity contribution in [3.63, 3.8) is 0 Å². The highest BCUT2D eigenvalue weighted by Gasteiger charge is 2.50. The molecule has 0 bridgehead atoms. The summed E-state index contributed by atoms with van der Waals surface area (Å²) >= 11 is 0. The second-order valence-corrected chi connectivity index (χ2v) is 8.18. The van der Waals surface area contributed by atoms with Gasteiger partial charge in [0.2, 0.25) is 5.43 Å². The van der Waals surface area contributed by atoms with E-state index in [9.17, 15) is 14.7 Å². The van der Waals surface area contributed by atoms with E-state index in [1.165, 1.54) is 6.20 Å². The fourth-order valence-corrected chi connectivity index (χ4v) is 4.26. The Morgan fingerprint density at radius 2 is 2.23 bits per heavy atom. The van der Waals surface area contributed by atoms with Crippen LogP contribution in [0.1, 0.15) is 36.2 Å². The van der Waals surface area contributed by atoms with Crippen molar-refractivity contribution < 1.29 is 19.1 Å². The lowest BCUT2D eigenvalue weighted by molar-refractivity contribution is 0.0695. The van der Waals surface area contributed by atoms with Crippen molar-refractivity contribution in [1.82, 2.24) is 14.9 Å². The largest absolute Gasteiger partial charge is 0.477 e. The first kappa shape index (κ1) is 19.0. The lowest BCUT2D eigenvalue weighted by Gasteiger charge is -2.38. The maximum atomic E-state index is 15.1. The Labute approximate surface area is 171 Å². The van der Waals surface area contributed by atoms with Crippen LogP contribution in [-0.2, 0) is 4.84 Å². The van der Waals surface area contributed by atoms with Gasteiger partial charge in [0.1, 0.15) is 17.8 Å². The second kappa shape index (κ2) is 6.76. The number of fused-ring (bicyclic) bond motifs is 1. The molecule has 2 aliphatic heterocycles. The van der Waals surface area contributed by atoms with Gasteiger partial charge in [0.15, 0.2) is 11.6 Å². The molecular weight excluding hydrogens is 393 g/mol. The van der Waals surface area contributed by atoms with E-state index in [4.69, 9.17) is 4.84 Å². The molecule has 5 rings (SSSR count). The van der Waals surface area contributed by atoms with Gasteiger partial charge >= 0.3 is 5.97 Å². The summed E-state index contributed by atoms with van der Waals surface area (Å²) in [6, 6.07) is 1.20. The van der Waals surface area contributed by atoms with Crippen molar-refractivity contribution in [3.05, 3.63) is 33.9 Å². The number of pyridine rings is 2.